The van der Waals surface area contributed by atoms with E-state index in [1.54, 1.807) is 25.2 Å². The lowest BCUT2D eigenvalue weighted by atomic mass is 10.2. The molecule has 0 N–H and O–H groups in total. The lowest BCUT2D eigenvalue weighted by Crippen LogP contribution is -2.28. The van der Waals surface area contributed by atoms with Crippen molar-refractivity contribution in [2.75, 3.05) is 24.6 Å². The Labute approximate surface area is 138 Å². The summed E-state index contributed by atoms with van der Waals surface area (Å²) in [6, 6.07) is 2.13. The third-order valence-electron chi connectivity index (χ3n) is 3.81. The molecule has 2 aromatic rings. The molecule has 8 heteroatoms. The zero-order chi connectivity index (χ0) is 16.4. The van der Waals surface area contributed by atoms with Gasteiger partial charge in [0.15, 0.2) is 0 Å². The van der Waals surface area contributed by atoms with Gasteiger partial charge in [-0.25, -0.2) is 4.98 Å². The van der Waals surface area contributed by atoms with Crippen LogP contribution in [0.15, 0.2) is 11.4 Å². The van der Waals surface area contributed by atoms with Crippen molar-refractivity contribution < 1.29 is 9.66 Å². The summed E-state index contributed by atoms with van der Waals surface area (Å²) in [5.41, 5.74) is 1.19. The lowest BCUT2D eigenvalue weighted by molar-refractivity contribution is -0.385. The molecule has 0 saturated carbocycles. The van der Waals surface area contributed by atoms with Crippen molar-refractivity contribution in [3.8, 4) is 5.88 Å². The predicted octanol–water partition coefficient (Wildman–Crippen LogP) is 2.76. The van der Waals surface area contributed by atoms with Gasteiger partial charge in [0.25, 0.3) is 5.88 Å². The first-order valence-corrected chi connectivity index (χ1v) is 8.44. The summed E-state index contributed by atoms with van der Waals surface area (Å²) in [7, 11) is 0. The predicted molar refractivity (Wildman–Crippen MR) is 88.5 cm³/mol. The summed E-state index contributed by atoms with van der Waals surface area (Å²) >= 11 is 1.74. The zero-order valence-electron chi connectivity index (χ0n) is 13.1. The Bertz CT molecular complexity index is 709. The van der Waals surface area contributed by atoms with E-state index >= 15 is 0 Å². The van der Waals surface area contributed by atoms with Gasteiger partial charge in [-0.3, -0.25) is 10.1 Å². The van der Waals surface area contributed by atoms with E-state index in [1.165, 1.54) is 10.4 Å². The van der Waals surface area contributed by atoms with Gasteiger partial charge in [-0.2, -0.15) is 4.98 Å². The lowest BCUT2D eigenvalue weighted by Gasteiger charge is -2.22. The Kier molecular flexibility index (Phi) is 4.42. The van der Waals surface area contributed by atoms with Crippen LogP contribution in [0.25, 0.3) is 0 Å². The number of hydrogen-bond donors (Lipinski definition) is 0. The molecular formula is C15H18N4O3S. The summed E-state index contributed by atoms with van der Waals surface area (Å²) in [6.07, 6.45) is 1.74. The molecule has 3 rings (SSSR count). The molecule has 0 atom stereocenters. The minimum absolute atomic E-state index is 0.0546. The molecule has 0 saturated heterocycles. The van der Waals surface area contributed by atoms with Crippen molar-refractivity contribution >= 4 is 22.8 Å². The van der Waals surface area contributed by atoms with Gasteiger partial charge in [0.2, 0.25) is 5.82 Å². The maximum Gasteiger partial charge on any atom is 0.372 e. The standard InChI is InChI=1S/C15H18N4O3S/c1-3-22-15-13(19(20)21)14(16-10(2)17-15)18-7-4-11-6-9-23-12(11)5-8-18/h6,9H,3-5,7-8H2,1-2H3. The number of hydrogen-bond acceptors (Lipinski definition) is 7. The number of nitrogens with zero attached hydrogens (tertiary/aromatic N) is 4. The first kappa shape index (κ1) is 15.7. The number of fused-ring (bicyclic) bond motifs is 1. The fraction of sp³-hybridized carbons (Fsp3) is 0.467. The quantitative estimate of drug-likeness (QED) is 0.632. The highest BCUT2D eigenvalue weighted by atomic mass is 32.1. The first-order chi connectivity index (χ1) is 11.1. The van der Waals surface area contributed by atoms with Gasteiger partial charge in [-0.05, 0) is 43.7 Å². The van der Waals surface area contributed by atoms with Crippen LogP contribution < -0.4 is 9.64 Å². The first-order valence-electron chi connectivity index (χ1n) is 7.56. The van der Waals surface area contributed by atoms with Crippen LogP contribution in [0.4, 0.5) is 11.5 Å². The van der Waals surface area contributed by atoms with E-state index in [2.05, 4.69) is 21.4 Å². The highest BCUT2D eigenvalue weighted by molar-refractivity contribution is 7.10. The van der Waals surface area contributed by atoms with Crippen molar-refractivity contribution in [1.82, 2.24) is 9.97 Å². The topological polar surface area (TPSA) is 81.4 Å². The Hall–Kier alpha value is -2.22. The Morgan fingerprint density at radius 2 is 2.17 bits per heavy atom. The Morgan fingerprint density at radius 3 is 2.91 bits per heavy atom. The second-order valence-corrected chi connectivity index (χ2v) is 6.30. The van der Waals surface area contributed by atoms with Gasteiger partial charge >= 0.3 is 5.69 Å². The van der Waals surface area contributed by atoms with E-state index in [9.17, 15) is 10.1 Å². The van der Waals surface area contributed by atoms with Gasteiger partial charge in [0.1, 0.15) is 5.82 Å². The molecule has 0 fully saturated rings. The van der Waals surface area contributed by atoms with Gasteiger partial charge in [-0.15, -0.1) is 11.3 Å². The van der Waals surface area contributed by atoms with Gasteiger partial charge in [0, 0.05) is 18.0 Å². The molecule has 23 heavy (non-hydrogen) atoms. The fourth-order valence-corrected chi connectivity index (χ4v) is 3.70. The summed E-state index contributed by atoms with van der Waals surface area (Å²) in [5.74, 6) is 0.896. The third-order valence-corrected chi connectivity index (χ3v) is 4.83. The molecule has 0 radical (unpaired) electrons. The minimum Gasteiger partial charge on any atom is -0.473 e. The number of rotatable bonds is 4. The van der Waals surface area contributed by atoms with Gasteiger partial charge < -0.3 is 9.64 Å². The summed E-state index contributed by atoms with van der Waals surface area (Å²) in [5, 5.41) is 13.6. The number of aromatic nitrogens is 2. The van der Waals surface area contributed by atoms with Crippen molar-refractivity contribution in [1.29, 1.82) is 0 Å². The molecular weight excluding hydrogens is 316 g/mol. The van der Waals surface area contributed by atoms with E-state index in [4.69, 9.17) is 4.74 Å². The average Bonchev–Trinajstić information content (AvgIpc) is 2.85. The van der Waals surface area contributed by atoms with E-state index in [0.29, 0.717) is 31.3 Å². The highest BCUT2D eigenvalue weighted by Crippen LogP contribution is 2.35. The molecule has 7 nitrogen and oxygen atoms in total. The van der Waals surface area contributed by atoms with Crippen molar-refractivity contribution in [2.24, 2.45) is 0 Å². The van der Waals surface area contributed by atoms with E-state index < -0.39 is 4.92 Å². The van der Waals surface area contributed by atoms with Gasteiger partial charge in [0.05, 0.1) is 11.5 Å². The van der Waals surface area contributed by atoms with Crippen LogP contribution in [0.2, 0.25) is 0 Å². The van der Waals surface area contributed by atoms with E-state index in [0.717, 1.165) is 12.8 Å². The maximum absolute atomic E-state index is 11.5. The molecule has 0 aliphatic carbocycles. The molecule has 0 bridgehead atoms. The van der Waals surface area contributed by atoms with Crippen LogP contribution in [0, 0.1) is 17.0 Å². The van der Waals surface area contributed by atoms with Crippen LogP contribution in [-0.4, -0.2) is 34.6 Å². The number of nitro groups is 1. The fourth-order valence-electron chi connectivity index (χ4n) is 2.77. The van der Waals surface area contributed by atoms with Crippen molar-refractivity contribution in [3.63, 3.8) is 0 Å². The smallest absolute Gasteiger partial charge is 0.372 e. The minimum atomic E-state index is -0.444. The van der Waals surface area contributed by atoms with Gasteiger partial charge in [-0.1, -0.05) is 0 Å². The second kappa shape index (κ2) is 6.49. The molecule has 1 aliphatic heterocycles. The molecule has 3 heterocycles. The number of thiophene rings is 1. The van der Waals surface area contributed by atoms with Crippen molar-refractivity contribution in [3.05, 3.63) is 37.8 Å². The second-order valence-electron chi connectivity index (χ2n) is 5.29. The number of ether oxygens (including phenoxy) is 1. The molecule has 1 aliphatic rings. The van der Waals surface area contributed by atoms with Crippen LogP contribution in [0.3, 0.4) is 0 Å². The highest BCUT2D eigenvalue weighted by Gasteiger charge is 2.30. The summed E-state index contributed by atoms with van der Waals surface area (Å²) in [6.45, 7) is 5.24. The molecule has 0 amide bonds. The van der Waals surface area contributed by atoms with Crippen LogP contribution >= 0.6 is 11.3 Å². The largest absolute Gasteiger partial charge is 0.473 e. The molecule has 122 valence electrons. The van der Waals surface area contributed by atoms with E-state index in [-0.39, 0.29) is 11.6 Å². The van der Waals surface area contributed by atoms with Crippen LogP contribution in [0.5, 0.6) is 5.88 Å². The molecule has 0 unspecified atom stereocenters. The Balaban J connectivity index is 1.98. The normalized spacial score (nSPS) is 14.3. The maximum atomic E-state index is 11.5. The molecule has 0 aromatic carbocycles. The Morgan fingerprint density at radius 1 is 1.39 bits per heavy atom. The van der Waals surface area contributed by atoms with E-state index in [1.807, 2.05) is 4.90 Å². The average molecular weight is 334 g/mol. The van der Waals surface area contributed by atoms with Crippen molar-refractivity contribution in [2.45, 2.75) is 26.7 Å². The third kappa shape index (κ3) is 3.12. The van der Waals surface area contributed by atoms with Crippen LogP contribution in [0.1, 0.15) is 23.2 Å². The summed E-state index contributed by atoms with van der Waals surface area (Å²) in [4.78, 5) is 22.9. The van der Waals surface area contributed by atoms with Crippen LogP contribution in [-0.2, 0) is 12.8 Å². The number of aryl methyl sites for hydroxylation is 1. The monoisotopic (exact) mass is 334 g/mol. The molecule has 2 aromatic heterocycles. The SMILES string of the molecule is CCOc1nc(C)nc(N2CCc3ccsc3CC2)c1[N+](=O)[O-]. The molecule has 0 spiro atoms. The zero-order valence-corrected chi connectivity index (χ0v) is 13.9. The summed E-state index contributed by atoms with van der Waals surface area (Å²) < 4.78 is 5.37. The number of anilines is 1.